The van der Waals surface area contributed by atoms with Gasteiger partial charge >= 0.3 is 0 Å². The lowest BCUT2D eigenvalue weighted by Gasteiger charge is -2.26. The maximum atomic E-state index is 12.0. The molecule has 2 rings (SSSR count). The predicted octanol–water partition coefficient (Wildman–Crippen LogP) is 2.86. The highest BCUT2D eigenvalue weighted by molar-refractivity contribution is 8.13. The zero-order valence-electron chi connectivity index (χ0n) is 10.2. The number of nitrogens with one attached hydrogen (secondary N) is 1. The zero-order chi connectivity index (χ0) is 14.2. The third-order valence-electron chi connectivity index (χ3n) is 3.26. The minimum atomic E-state index is -3.92. The van der Waals surface area contributed by atoms with Crippen LogP contribution in [0.25, 0.3) is 0 Å². The number of hydrogen-bond acceptors (Lipinski definition) is 3. The van der Waals surface area contributed by atoms with E-state index in [1.54, 1.807) is 6.92 Å². The summed E-state index contributed by atoms with van der Waals surface area (Å²) in [5.41, 5.74) is 0.554. The van der Waals surface area contributed by atoms with Gasteiger partial charge in [0.2, 0.25) is 0 Å². The number of amides is 1. The Morgan fingerprint density at radius 2 is 2.00 bits per heavy atom. The summed E-state index contributed by atoms with van der Waals surface area (Å²) in [5, 5.41) is 3.03. The first-order valence-corrected chi connectivity index (χ1v) is 8.53. The molecule has 1 N–H and O–H groups in total. The predicted molar refractivity (Wildman–Crippen MR) is 74.3 cm³/mol. The second-order valence-corrected chi connectivity index (χ2v) is 7.56. The number of halogens is 2. The average Bonchev–Trinajstić information content (AvgIpc) is 2.25. The SMILES string of the molecule is Cc1c(Cl)cc(C(=O)NC2CCC2)cc1S(=O)(=O)Cl. The molecule has 0 aliphatic heterocycles. The van der Waals surface area contributed by atoms with Gasteiger partial charge in [0.15, 0.2) is 0 Å². The molecular formula is C12H13Cl2NO3S. The summed E-state index contributed by atoms with van der Waals surface area (Å²) in [6.07, 6.45) is 3.00. The third kappa shape index (κ3) is 3.22. The molecular weight excluding hydrogens is 309 g/mol. The molecule has 0 radical (unpaired) electrons. The van der Waals surface area contributed by atoms with Crippen molar-refractivity contribution < 1.29 is 13.2 Å². The van der Waals surface area contributed by atoms with Crippen LogP contribution in [0.1, 0.15) is 35.2 Å². The van der Waals surface area contributed by atoms with Crippen molar-refractivity contribution in [1.29, 1.82) is 0 Å². The van der Waals surface area contributed by atoms with Gasteiger partial charge in [0.05, 0.1) is 4.90 Å². The van der Waals surface area contributed by atoms with Crippen molar-refractivity contribution in [3.63, 3.8) is 0 Å². The lowest BCUT2D eigenvalue weighted by molar-refractivity contribution is 0.0916. The fraction of sp³-hybridized carbons (Fsp3) is 0.417. The van der Waals surface area contributed by atoms with Crippen molar-refractivity contribution >= 4 is 37.2 Å². The van der Waals surface area contributed by atoms with Crippen molar-refractivity contribution in [2.75, 3.05) is 0 Å². The van der Waals surface area contributed by atoms with Crippen LogP contribution in [0.2, 0.25) is 5.02 Å². The van der Waals surface area contributed by atoms with Crippen LogP contribution in [0.3, 0.4) is 0 Å². The van der Waals surface area contributed by atoms with Gasteiger partial charge in [-0.1, -0.05) is 11.6 Å². The van der Waals surface area contributed by atoms with Crippen LogP contribution in [-0.4, -0.2) is 20.4 Å². The Morgan fingerprint density at radius 3 is 2.47 bits per heavy atom. The van der Waals surface area contributed by atoms with Crippen molar-refractivity contribution in [3.05, 3.63) is 28.3 Å². The number of carbonyl (C=O) groups is 1. The molecule has 1 aromatic carbocycles. The summed E-state index contributed by atoms with van der Waals surface area (Å²) < 4.78 is 22.9. The van der Waals surface area contributed by atoms with E-state index in [-0.39, 0.29) is 27.4 Å². The quantitative estimate of drug-likeness (QED) is 0.871. The van der Waals surface area contributed by atoms with Crippen LogP contribution in [-0.2, 0) is 9.05 Å². The summed E-state index contributed by atoms with van der Waals surface area (Å²) in [7, 11) is 1.41. The van der Waals surface area contributed by atoms with Gasteiger partial charge in [0.25, 0.3) is 15.0 Å². The molecule has 1 fully saturated rings. The lowest BCUT2D eigenvalue weighted by atomic mass is 9.93. The highest BCUT2D eigenvalue weighted by Gasteiger charge is 2.23. The van der Waals surface area contributed by atoms with Crippen LogP contribution in [0, 0.1) is 6.92 Å². The van der Waals surface area contributed by atoms with Crippen LogP contribution in [0.4, 0.5) is 0 Å². The van der Waals surface area contributed by atoms with E-state index in [1.165, 1.54) is 12.1 Å². The molecule has 0 atom stereocenters. The normalized spacial score (nSPS) is 15.9. The topological polar surface area (TPSA) is 63.2 Å². The van der Waals surface area contributed by atoms with Crippen LogP contribution in [0.15, 0.2) is 17.0 Å². The highest BCUT2D eigenvalue weighted by atomic mass is 35.7. The summed E-state index contributed by atoms with van der Waals surface area (Å²) in [5.74, 6) is -0.326. The summed E-state index contributed by atoms with van der Waals surface area (Å²) in [6.45, 7) is 1.55. The van der Waals surface area contributed by atoms with Crippen molar-refractivity contribution in [2.24, 2.45) is 0 Å². The Morgan fingerprint density at radius 1 is 1.37 bits per heavy atom. The Kier molecular flexibility index (Phi) is 4.08. The molecule has 0 aromatic heterocycles. The minimum Gasteiger partial charge on any atom is -0.349 e. The highest BCUT2D eigenvalue weighted by Crippen LogP contribution is 2.28. The van der Waals surface area contributed by atoms with Crippen LogP contribution >= 0.6 is 22.3 Å². The van der Waals surface area contributed by atoms with Gasteiger partial charge in [-0.3, -0.25) is 4.79 Å². The van der Waals surface area contributed by atoms with Crippen LogP contribution in [0.5, 0.6) is 0 Å². The molecule has 19 heavy (non-hydrogen) atoms. The van der Waals surface area contributed by atoms with E-state index in [2.05, 4.69) is 5.32 Å². The Balaban J connectivity index is 2.36. The molecule has 1 aliphatic carbocycles. The zero-order valence-corrected chi connectivity index (χ0v) is 12.6. The molecule has 0 unspecified atom stereocenters. The van der Waals surface area contributed by atoms with Gasteiger partial charge in [-0.15, -0.1) is 0 Å². The van der Waals surface area contributed by atoms with Crippen molar-refractivity contribution in [1.82, 2.24) is 5.32 Å². The average molecular weight is 322 g/mol. The standard InChI is InChI=1S/C12H13Cl2NO3S/c1-7-10(13)5-8(6-11(7)19(14,17)18)12(16)15-9-3-2-4-9/h5-6,9H,2-4H2,1H3,(H,15,16). The van der Waals surface area contributed by atoms with Gasteiger partial charge in [0.1, 0.15) is 0 Å². The smallest absolute Gasteiger partial charge is 0.261 e. The number of rotatable bonds is 3. The fourth-order valence-electron chi connectivity index (χ4n) is 1.86. The van der Waals surface area contributed by atoms with E-state index in [4.69, 9.17) is 22.3 Å². The Hall–Kier alpha value is -0.780. The molecule has 1 aromatic rings. The van der Waals surface area contributed by atoms with E-state index in [0.717, 1.165) is 19.3 Å². The minimum absolute atomic E-state index is 0.125. The van der Waals surface area contributed by atoms with Crippen molar-refractivity contribution in [2.45, 2.75) is 37.1 Å². The van der Waals surface area contributed by atoms with E-state index < -0.39 is 9.05 Å². The van der Waals surface area contributed by atoms with Gasteiger partial charge in [-0.2, -0.15) is 0 Å². The van der Waals surface area contributed by atoms with Gasteiger partial charge in [0, 0.05) is 27.3 Å². The molecule has 0 spiro atoms. The second-order valence-electron chi connectivity index (χ2n) is 4.62. The summed E-state index contributed by atoms with van der Waals surface area (Å²) >= 11 is 5.95. The first-order valence-electron chi connectivity index (χ1n) is 5.84. The van der Waals surface area contributed by atoms with Crippen LogP contribution < -0.4 is 5.32 Å². The second kappa shape index (κ2) is 5.31. The molecule has 1 aliphatic rings. The number of hydrogen-bond donors (Lipinski definition) is 1. The monoisotopic (exact) mass is 321 g/mol. The lowest BCUT2D eigenvalue weighted by Crippen LogP contribution is -2.39. The van der Waals surface area contributed by atoms with Gasteiger partial charge in [-0.25, -0.2) is 8.42 Å². The van der Waals surface area contributed by atoms with Gasteiger partial charge < -0.3 is 5.32 Å². The fourth-order valence-corrected chi connectivity index (χ4v) is 3.36. The Bertz CT molecular complexity index is 624. The maximum Gasteiger partial charge on any atom is 0.261 e. The molecule has 4 nitrogen and oxygen atoms in total. The van der Waals surface area contributed by atoms with E-state index in [9.17, 15) is 13.2 Å². The number of carbonyl (C=O) groups excluding carboxylic acids is 1. The molecule has 104 valence electrons. The number of benzene rings is 1. The van der Waals surface area contributed by atoms with E-state index in [1.807, 2.05) is 0 Å². The molecule has 0 saturated heterocycles. The molecule has 0 heterocycles. The summed E-state index contributed by atoms with van der Waals surface area (Å²) in [6, 6.07) is 2.89. The first kappa shape index (κ1) is 14.6. The van der Waals surface area contributed by atoms with E-state index in [0.29, 0.717) is 5.56 Å². The molecule has 7 heteroatoms. The van der Waals surface area contributed by atoms with Gasteiger partial charge in [-0.05, 0) is 43.9 Å². The largest absolute Gasteiger partial charge is 0.349 e. The maximum absolute atomic E-state index is 12.0. The van der Waals surface area contributed by atoms with E-state index >= 15 is 0 Å². The summed E-state index contributed by atoms with van der Waals surface area (Å²) in [4.78, 5) is 11.9. The molecule has 1 saturated carbocycles. The van der Waals surface area contributed by atoms with Crippen molar-refractivity contribution in [3.8, 4) is 0 Å². The molecule has 1 amide bonds. The molecule has 0 bridgehead atoms. The third-order valence-corrected chi connectivity index (χ3v) is 5.10. The Labute approximate surface area is 121 Å². The first-order chi connectivity index (χ1) is 8.79.